The van der Waals surface area contributed by atoms with Crippen molar-refractivity contribution < 1.29 is 18.7 Å². The van der Waals surface area contributed by atoms with Crippen LogP contribution in [0.25, 0.3) is 11.2 Å². The third-order valence-electron chi connectivity index (χ3n) is 9.22. The van der Waals surface area contributed by atoms with Crippen molar-refractivity contribution in [1.82, 2.24) is 9.08 Å². The molecule has 1 spiro atoms. The summed E-state index contributed by atoms with van der Waals surface area (Å²) in [5.41, 5.74) is 7.96. The maximum absolute atomic E-state index is 6.88. The van der Waals surface area contributed by atoms with Crippen LogP contribution in [0.5, 0.6) is 23.1 Å². The number of benzene rings is 3. The first-order valence-electron chi connectivity index (χ1n) is 14.9. The molecule has 7 aromatic rings. The molecule has 0 saturated carbocycles. The van der Waals surface area contributed by atoms with E-state index in [-0.39, 0.29) is 0 Å². The van der Waals surface area contributed by atoms with Gasteiger partial charge >= 0.3 is 11.5 Å². The Morgan fingerprint density at radius 3 is 2.39 bits per heavy atom. The number of aryl methyl sites for hydroxylation is 2. The number of fused-ring (bicyclic) bond motifs is 4. The quantitative estimate of drug-likeness (QED) is 0.210. The summed E-state index contributed by atoms with van der Waals surface area (Å²) in [7, 11) is 0. The van der Waals surface area contributed by atoms with Crippen LogP contribution in [-0.4, -0.2) is 9.08 Å². The number of ether oxygens (including phenoxy) is 2. The number of nitrogens with zero attached hydrogens (tertiary/aromatic N) is 5. The van der Waals surface area contributed by atoms with Crippen molar-refractivity contribution in [2.24, 2.45) is 0 Å². The van der Waals surface area contributed by atoms with Crippen molar-refractivity contribution in [3.05, 3.63) is 150 Å². The summed E-state index contributed by atoms with van der Waals surface area (Å²) in [6.45, 7) is 4.36. The first-order valence-corrected chi connectivity index (χ1v) is 14.9. The first kappa shape index (κ1) is 23.7. The third-order valence-corrected chi connectivity index (χ3v) is 9.22. The van der Waals surface area contributed by atoms with E-state index in [0.717, 1.165) is 74.0 Å². The molecule has 7 nitrogen and oxygen atoms in total. The Balaban J connectivity index is 1.34. The molecule has 1 unspecified atom stereocenters. The van der Waals surface area contributed by atoms with E-state index in [1.165, 1.54) is 0 Å². The SMILES string of the molecule is Cc1cc(C)[n+]2n1-c1cc(N(c3ccccc3)c3ccc4ccccn34)cc3c1C21c2c(cccc2Oc2cccc[n+]21)O3. The van der Waals surface area contributed by atoms with Gasteiger partial charge in [-0.25, -0.2) is 0 Å². The van der Waals surface area contributed by atoms with Gasteiger partial charge < -0.3 is 13.9 Å². The van der Waals surface area contributed by atoms with Crippen LogP contribution in [0.4, 0.5) is 17.2 Å². The molecule has 7 heteroatoms. The zero-order valence-electron chi connectivity index (χ0n) is 24.2. The second-order valence-electron chi connectivity index (χ2n) is 11.7. The lowest BCUT2D eigenvalue weighted by atomic mass is 9.85. The lowest BCUT2D eigenvalue weighted by molar-refractivity contribution is -0.999. The summed E-state index contributed by atoms with van der Waals surface area (Å²) in [6.07, 6.45) is 4.24. The molecule has 0 radical (unpaired) electrons. The van der Waals surface area contributed by atoms with Gasteiger partial charge in [-0.3, -0.25) is 4.90 Å². The molecule has 3 aliphatic rings. The fraction of sp³-hybridized carbons (Fsp3) is 0.0811. The van der Waals surface area contributed by atoms with Crippen molar-refractivity contribution in [3.63, 3.8) is 0 Å². The summed E-state index contributed by atoms with van der Waals surface area (Å²) in [5.74, 6) is 4.25. The van der Waals surface area contributed by atoms with Gasteiger partial charge in [0.15, 0.2) is 23.1 Å². The maximum atomic E-state index is 6.88. The first-order chi connectivity index (χ1) is 21.6. The van der Waals surface area contributed by atoms with Crippen molar-refractivity contribution in [2.75, 3.05) is 4.90 Å². The zero-order chi connectivity index (χ0) is 29.2. The van der Waals surface area contributed by atoms with Crippen molar-refractivity contribution >= 4 is 22.7 Å². The topological polar surface area (TPSA) is 38.8 Å². The van der Waals surface area contributed by atoms with Crippen LogP contribution in [0.15, 0.2) is 128 Å². The molecule has 210 valence electrons. The number of hydrogen-bond acceptors (Lipinski definition) is 3. The maximum Gasteiger partial charge on any atom is 0.452 e. The highest BCUT2D eigenvalue weighted by Gasteiger charge is 2.72. The molecule has 10 rings (SSSR count). The Morgan fingerprint density at radius 2 is 1.50 bits per heavy atom. The summed E-state index contributed by atoms with van der Waals surface area (Å²) in [5, 5.41) is 0. The number of anilines is 3. The fourth-order valence-electron chi connectivity index (χ4n) is 7.68. The molecule has 0 fully saturated rings. The highest BCUT2D eigenvalue weighted by atomic mass is 16.5. The highest BCUT2D eigenvalue weighted by Crippen LogP contribution is 2.57. The molecular weight excluding hydrogens is 546 g/mol. The van der Waals surface area contributed by atoms with Crippen molar-refractivity contribution in [2.45, 2.75) is 19.5 Å². The van der Waals surface area contributed by atoms with E-state index in [1.807, 2.05) is 24.3 Å². The van der Waals surface area contributed by atoms with Gasteiger partial charge in [0, 0.05) is 42.5 Å². The van der Waals surface area contributed by atoms with Gasteiger partial charge in [-0.05, 0) is 72.3 Å². The fourth-order valence-corrected chi connectivity index (χ4v) is 7.68. The predicted molar refractivity (Wildman–Crippen MR) is 166 cm³/mol. The Kier molecular flexibility index (Phi) is 4.40. The third kappa shape index (κ3) is 2.77. The predicted octanol–water partition coefficient (Wildman–Crippen LogP) is 7.21. The van der Waals surface area contributed by atoms with Crippen LogP contribution in [0.3, 0.4) is 0 Å². The normalized spacial score (nSPS) is 16.4. The smallest absolute Gasteiger partial charge is 0.452 e. The molecular formula is C37H27N5O2+2. The van der Waals surface area contributed by atoms with Gasteiger partial charge in [0.1, 0.15) is 23.0 Å². The largest absolute Gasteiger partial charge is 0.455 e. The number of aromatic nitrogens is 4. The van der Waals surface area contributed by atoms with Crippen LogP contribution >= 0.6 is 0 Å². The summed E-state index contributed by atoms with van der Waals surface area (Å²) in [6, 6.07) is 40.2. The molecule has 0 N–H and O–H groups in total. The van der Waals surface area contributed by atoms with E-state index in [2.05, 4.69) is 140 Å². The van der Waals surface area contributed by atoms with E-state index in [9.17, 15) is 0 Å². The van der Waals surface area contributed by atoms with Gasteiger partial charge in [0.25, 0.3) is 0 Å². The highest BCUT2D eigenvalue weighted by molar-refractivity contribution is 5.81. The number of hydrogen-bond donors (Lipinski definition) is 0. The van der Waals surface area contributed by atoms with Crippen LogP contribution in [0, 0.1) is 13.8 Å². The van der Waals surface area contributed by atoms with Gasteiger partial charge in [0.05, 0.1) is 17.4 Å². The van der Waals surface area contributed by atoms with Crippen LogP contribution in [0.1, 0.15) is 22.5 Å². The van der Waals surface area contributed by atoms with Crippen LogP contribution in [0.2, 0.25) is 0 Å². The van der Waals surface area contributed by atoms with Gasteiger partial charge in [-0.1, -0.05) is 34.9 Å². The van der Waals surface area contributed by atoms with Gasteiger partial charge in [-0.2, -0.15) is 0 Å². The van der Waals surface area contributed by atoms with E-state index < -0.39 is 5.66 Å². The molecule has 0 amide bonds. The molecule has 0 bridgehead atoms. The van der Waals surface area contributed by atoms with E-state index >= 15 is 0 Å². The Morgan fingerprint density at radius 1 is 0.682 bits per heavy atom. The average Bonchev–Trinajstić information content (AvgIpc) is 3.70. The lowest BCUT2D eigenvalue weighted by Crippen LogP contribution is -2.76. The minimum absolute atomic E-state index is 0.722. The Labute approximate surface area is 253 Å². The Bertz CT molecular complexity index is 2340. The van der Waals surface area contributed by atoms with E-state index in [1.54, 1.807) is 0 Å². The Hall–Kier alpha value is -5.82. The van der Waals surface area contributed by atoms with Crippen molar-refractivity contribution in [1.29, 1.82) is 0 Å². The summed E-state index contributed by atoms with van der Waals surface area (Å²) in [4.78, 5) is 2.31. The molecule has 0 aliphatic carbocycles. The number of para-hydroxylation sites is 1. The molecule has 3 aromatic carbocycles. The second-order valence-corrected chi connectivity index (χ2v) is 11.7. The molecule has 7 heterocycles. The van der Waals surface area contributed by atoms with Gasteiger partial charge in [0.2, 0.25) is 5.69 Å². The summed E-state index contributed by atoms with van der Waals surface area (Å²) < 4.78 is 22.6. The molecule has 4 aromatic heterocycles. The van der Waals surface area contributed by atoms with E-state index in [0.29, 0.717) is 0 Å². The molecule has 44 heavy (non-hydrogen) atoms. The van der Waals surface area contributed by atoms with Gasteiger partial charge in [-0.15, -0.1) is 4.68 Å². The summed E-state index contributed by atoms with van der Waals surface area (Å²) >= 11 is 0. The molecule has 0 saturated heterocycles. The minimum Gasteiger partial charge on any atom is -0.455 e. The lowest BCUT2D eigenvalue weighted by Gasteiger charge is -2.32. The molecule has 3 aliphatic heterocycles. The van der Waals surface area contributed by atoms with Crippen molar-refractivity contribution in [3.8, 4) is 28.8 Å². The average molecular weight is 574 g/mol. The zero-order valence-corrected chi connectivity index (χ0v) is 24.2. The monoisotopic (exact) mass is 573 g/mol. The number of rotatable bonds is 3. The minimum atomic E-state index is -0.722. The van der Waals surface area contributed by atoms with Crippen LogP contribution in [-0.2, 0) is 5.66 Å². The van der Waals surface area contributed by atoms with E-state index in [4.69, 9.17) is 9.47 Å². The standard InChI is InChI=1S/C37H27N5O2/c1-24-21-25(2)42-37-35-29(41(24)42)22-28(40(27-12-4-3-5-13-27)33-18-17-26-11-6-8-19-38(26)33)23-32(35)43-30-14-10-15-31(36(30)37)44-34-16-7-9-20-39(34)37/h3-23H,1-2H3/q+2. The number of pyridine rings is 2. The second kappa shape index (κ2) is 8.17. The van der Waals surface area contributed by atoms with Crippen LogP contribution < -0.4 is 23.6 Å². The molecule has 1 atom stereocenters.